The van der Waals surface area contributed by atoms with E-state index in [1.165, 1.54) is 0 Å². The molecule has 6 nitrogen and oxygen atoms in total. The monoisotopic (exact) mass is 285 g/mol. The summed E-state index contributed by atoms with van der Waals surface area (Å²) in [5, 5.41) is 6.54. The zero-order valence-corrected chi connectivity index (χ0v) is 11.4. The number of carbonyl (C=O) groups is 1. The van der Waals surface area contributed by atoms with E-state index < -0.39 is 0 Å². The molecule has 1 fully saturated rings. The van der Waals surface area contributed by atoms with Gasteiger partial charge in [0.1, 0.15) is 0 Å². The largest absolute Gasteiger partial charge is 0.454 e. The number of H-pyrrole nitrogens is 1. The van der Waals surface area contributed by atoms with Crippen molar-refractivity contribution in [2.45, 2.75) is 18.9 Å². The molecule has 1 N–H and O–H groups in total. The molecule has 1 aromatic carbocycles. The van der Waals surface area contributed by atoms with E-state index >= 15 is 0 Å². The Hall–Kier alpha value is -2.50. The van der Waals surface area contributed by atoms with E-state index in [1.54, 1.807) is 12.4 Å². The molecule has 1 aromatic heterocycles. The van der Waals surface area contributed by atoms with Crippen LogP contribution < -0.4 is 9.47 Å². The van der Waals surface area contributed by atoms with Crippen molar-refractivity contribution in [1.82, 2.24) is 15.1 Å². The first-order valence-electron chi connectivity index (χ1n) is 7.02. The van der Waals surface area contributed by atoms with Crippen molar-refractivity contribution in [1.29, 1.82) is 0 Å². The van der Waals surface area contributed by atoms with Gasteiger partial charge in [0.2, 0.25) is 6.79 Å². The second-order valence-electron chi connectivity index (χ2n) is 5.26. The van der Waals surface area contributed by atoms with Crippen LogP contribution in [0, 0.1) is 0 Å². The molecule has 21 heavy (non-hydrogen) atoms. The lowest BCUT2D eigenvalue weighted by Gasteiger charge is -2.24. The third-order valence-corrected chi connectivity index (χ3v) is 4.04. The SMILES string of the molecule is O=C(c1cn[nH]c1)N1CCCC1c1ccc2c(c1)OCO2. The quantitative estimate of drug-likeness (QED) is 0.917. The Balaban J connectivity index is 1.63. The normalized spacial score (nSPS) is 20.0. The minimum atomic E-state index is 0.0175. The summed E-state index contributed by atoms with van der Waals surface area (Å²) in [5.41, 5.74) is 1.69. The summed E-state index contributed by atoms with van der Waals surface area (Å²) in [6.07, 6.45) is 5.17. The molecule has 2 aliphatic heterocycles. The molecule has 1 saturated heterocycles. The molecule has 1 atom stereocenters. The van der Waals surface area contributed by atoms with E-state index in [0.717, 1.165) is 36.4 Å². The van der Waals surface area contributed by atoms with Crippen molar-refractivity contribution < 1.29 is 14.3 Å². The molecule has 0 radical (unpaired) electrons. The minimum absolute atomic E-state index is 0.0175. The molecular formula is C15H15N3O3. The van der Waals surface area contributed by atoms with Gasteiger partial charge in [-0.2, -0.15) is 5.10 Å². The summed E-state index contributed by atoms with van der Waals surface area (Å²) < 4.78 is 10.8. The summed E-state index contributed by atoms with van der Waals surface area (Å²) in [5.74, 6) is 1.54. The number of amides is 1. The molecule has 1 unspecified atom stereocenters. The highest BCUT2D eigenvalue weighted by molar-refractivity contribution is 5.94. The van der Waals surface area contributed by atoms with Crippen molar-refractivity contribution in [2.24, 2.45) is 0 Å². The molecule has 2 aromatic rings. The Labute approximate surface area is 121 Å². The molecule has 2 aliphatic rings. The van der Waals surface area contributed by atoms with Crippen molar-refractivity contribution in [3.8, 4) is 11.5 Å². The van der Waals surface area contributed by atoms with Gasteiger partial charge in [0.05, 0.1) is 17.8 Å². The fraction of sp³-hybridized carbons (Fsp3) is 0.333. The van der Waals surface area contributed by atoms with Gasteiger partial charge in [0, 0.05) is 12.7 Å². The molecule has 0 saturated carbocycles. The molecule has 4 rings (SSSR count). The molecule has 3 heterocycles. The van der Waals surface area contributed by atoms with Gasteiger partial charge in [-0.05, 0) is 30.5 Å². The third kappa shape index (κ3) is 2.03. The standard InChI is InChI=1S/C15H15N3O3/c19-15(11-7-16-17-8-11)18-5-1-2-12(18)10-3-4-13-14(6-10)21-9-20-13/h3-4,6-8,12H,1-2,5,9H2,(H,16,17). The van der Waals surface area contributed by atoms with Gasteiger partial charge in [0.15, 0.2) is 11.5 Å². The van der Waals surface area contributed by atoms with Crippen LogP contribution >= 0.6 is 0 Å². The fourth-order valence-corrected chi connectivity index (χ4v) is 3.01. The van der Waals surface area contributed by atoms with Crippen molar-refractivity contribution >= 4 is 5.91 Å². The summed E-state index contributed by atoms with van der Waals surface area (Å²) >= 11 is 0. The van der Waals surface area contributed by atoms with Crippen molar-refractivity contribution in [3.05, 3.63) is 41.7 Å². The van der Waals surface area contributed by atoms with Gasteiger partial charge in [-0.25, -0.2) is 0 Å². The van der Waals surface area contributed by atoms with Gasteiger partial charge < -0.3 is 14.4 Å². The number of aromatic amines is 1. The third-order valence-electron chi connectivity index (χ3n) is 4.04. The second-order valence-corrected chi connectivity index (χ2v) is 5.26. The minimum Gasteiger partial charge on any atom is -0.454 e. The lowest BCUT2D eigenvalue weighted by Crippen LogP contribution is -2.30. The van der Waals surface area contributed by atoms with Crippen LogP contribution in [-0.4, -0.2) is 34.3 Å². The lowest BCUT2D eigenvalue weighted by atomic mass is 10.0. The van der Waals surface area contributed by atoms with E-state index in [9.17, 15) is 4.79 Å². The van der Waals surface area contributed by atoms with Gasteiger partial charge in [-0.3, -0.25) is 9.89 Å². The number of fused-ring (bicyclic) bond motifs is 1. The van der Waals surface area contributed by atoms with Crippen LogP contribution in [0.4, 0.5) is 0 Å². The maximum atomic E-state index is 12.5. The summed E-state index contributed by atoms with van der Waals surface area (Å²) in [4.78, 5) is 14.4. The molecule has 108 valence electrons. The highest BCUT2D eigenvalue weighted by atomic mass is 16.7. The van der Waals surface area contributed by atoms with E-state index in [1.807, 2.05) is 23.1 Å². The molecule has 0 bridgehead atoms. The number of hydrogen-bond donors (Lipinski definition) is 1. The molecule has 6 heteroatoms. The van der Waals surface area contributed by atoms with Crippen LogP contribution in [0.3, 0.4) is 0 Å². The first kappa shape index (κ1) is 12.3. The second kappa shape index (κ2) is 4.80. The smallest absolute Gasteiger partial charge is 0.257 e. The van der Waals surface area contributed by atoms with Gasteiger partial charge in [-0.15, -0.1) is 0 Å². The number of carbonyl (C=O) groups excluding carboxylic acids is 1. The predicted molar refractivity (Wildman–Crippen MR) is 74.2 cm³/mol. The fourth-order valence-electron chi connectivity index (χ4n) is 3.01. The Morgan fingerprint density at radius 3 is 3.10 bits per heavy atom. The number of nitrogens with zero attached hydrogens (tertiary/aromatic N) is 2. The van der Waals surface area contributed by atoms with Crippen LogP contribution in [0.25, 0.3) is 0 Å². The number of nitrogens with one attached hydrogen (secondary N) is 1. The number of hydrogen-bond acceptors (Lipinski definition) is 4. The van der Waals surface area contributed by atoms with Crippen molar-refractivity contribution in [2.75, 3.05) is 13.3 Å². The Bertz CT molecular complexity index is 669. The Morgan fingerprint density at radius 1 is 1.33 bits per heavy atom. The summed E-state index contributed by atoms with van der Waals surface area (Å²) in [6.45, 7) is 1.03. The summed E-state index contributed by atoms with van der Waals surface area (Å²) in [6, 6.07) is 5.99. The first-order valence-corrected chi connectivity index (χ1v) is 7.02. The van der Waals surface area contributed by atoms with Gasteiger partial charge in [-0.1, -0.05) is 6.07 Å². The zero-order chi connectivity index (χ0) is 14.2. The average Bonchev–Trinajstić information content (AvgIpc) is 3.24. The van der Waals surface area contributed by atoms with E-state index in [-0.39, 0.29) is 18.7 Å². The predicted octanol–water partition coefficient (Wildman–Crippen LogP) is 2.12. The zero-order valence-electron chi connectivity index (χ0n) is 11.4. The summed E-state index contributed by atoms with van der Waals surface area (Å²) in [7, 11) is 0. The van der Waals surface area contributed by atoms with Crippen LogP contribution in [0.1, 0.15) is 34.8 Å². The van der Waals surface area contributed by atoms with Gasteiger partial charge in [0.25, 0.3) is 5.91 Å². The van der Waals surface area contributed by atoms with Crippen molar-refractivity contribution in [3.63, 3.8) is 0 Å². The topological polar surface area (TPSA) is 67.5 Å². The molecular weight excluding hydrogens is 270 g/mol. The van der Waals surface area contributed by atoms with Gasteiger partial charge >= 0.3 is 0 Å². The molecule has 1 amide bonds. The van der Waals surface area contributed by atoms with E-state index in [2.05, 4.69) is 10.2 Å². The Morgan fingerprint density at radius 2 is 2.24 bits per heavy atom. The molecule has 0 spiro atoms. The lowest BCUT2D eigenvalue weighted by molar-refractivity contribution is 0.0735. The molecule has 0 aliphatic carbocycles. The van der Waals surface area contributed by atoms with Crippen LogP contribution in [0.2, 0.25) is 0 Å². The van der Waals surface area contributed by atoms with E-state index in [0.29, 0.717) is 5.56 Å². The average molecular weight is 285 g/mol. The number of ether oxygens (including phenoxy) is 2. The maximum absolute atomic E-state index is 12.5. The number of likely N-dealkylation sites (tertiary alicyclic amines) is 1. The number of rotatable bonds is 2. The first-order chi connectivity index (χ1) is 10.3. The number of benzene rings is 1. The Kier molecular flexibility index (Phi) is 2.80. The van der Waals surface area contributed by atoms with Crippen LogP contribution in [0.15, 0.2) is 30.6 Å². The highest BCUT2D eigenvalue weighted by Crippen LogP contribution is 2.39. The highest BCUT2D eigenvalue weighted by Gasteiger charge is 2.31. The maximum Gasteiger partial charge on any atom is 0.257 e. The van der Waals surface area contributed by atoms with Crippen LogP contribution in [-0.2, 0) is 0 Å². The van der Waals surface area contributed by atoms with Crippen LogP contribution in [0.5, 0.6) is 11.5 Å². The van der Waals surface area contributed by atoms with E-state index in [4.69, 9.17) is 9.47 Å². The number of aromatic nitrogens is 2.